The van der Waals surface area contributed by atoms with Gasteiger partial charge in [-0.2, -0.15) is 0 Å². The lowest BCUT2D eigenvalue weighted by molar-refractivity contribution is -0.135. The number of nitrogens with one attached hydrogen (secondary N) is 1. The maximum absolute atomic E-state index is 12.5. The summed E-state index contributed by atoms with van der Waals surface area (Å²) in [5.41, 5.74) is 0. The van der Waals surface area contributed by atoms with Gasteiger partial charge in [0.05, 0.1) is 24.9 Å². The van der Waals surface area contributed by atoms with E-state index in [4.69, 9.17) is 4.74 Å². The number of rotatable bonds is 6. The molecule has 18 heavy (non-hydrogen) atoms. The van der Waals surface area contributed by atoms with Crippen molar-refractivity contribution in [1.29, 1.82) is 0 Å². The van der Waals surface area contributed by atoms with Crippen LogP contribution in [0, 0.1) is 11.8 Å². The molecular weight excluding hydrogens is 228 g/mol. The zero-order chi connectivity index (χ0) is 13.9. The van der Waals surface area contributed by atoms with Crippen molar-refractivity contribution in [3.8, 4) is 0 Å². The summed E-state index contributed by atoms with van der Waals surface area (Å²) in [7, 11) is 0. The average Bonchev–Trinajstić information content (AvgIpc) is 2.57. The molecule has 0 aromatic carbocycles. The van der Waals surface area contributed by atoms with E-state index in [2.05, 4.69) is 39.9 Å². The first-order valence-corrected chi connectivity index (χ1v) is 7.06. The van der Waals surface area contributed by atoms with Crippen LogP contribution in [0.3, 0.4) is 0 Å². The molecule has 4 nitrogen and oxygen atoms in total. The van der Waals surface area contributed by atoms with Crippen molar-refractivity contribution >= 4 is 5.91 Å². The number of carbonyl (C=O) groups is 1. The van der Waals surface area contributed by atoms with E-state index >= 15 is 0 Å². The SMILES string of the molecule is CCOCC(C(C)C)N1C(=O)C(C(C)C)NC1C. The van der Waals surface area contributed by atoms with Crippen LogP contribution in [0.5, 0.6) is 0 Å². The Morgan fingerprint density at radius 3 is 2.33 bits per heavy atom. The Bertz CT molecular complexity index is 279. The van der Waals surface area contributed by atoms with Crippen LogP contribution in [-0.4, -0.2) is 42.3 Å². The number of hydrogen-bond acceptors (Lipinski definition) is 3. The number of ether oxygens (including phenoxy) is 1. The molecule has 0 aromatic rings. The fourth-order valence-corrected chi connectivity index (χ4v) is 2.52. The minimum Gasteiger partial charge on any atom is -0.380 e. The Kier molecular flexibility index (Phi) is 5.60. The molecule has 1 aliphatic rings. The summed E-state index contributed by atoms with van der Waals surface area (Å²) in [4.78, 5) is 14.5. The van der Waals surface area contributed by atoms with Crippen LogP contribution in [0.4, 0.5) is 0 Å². The highest BCUT2D eigenvalue weighted by Gasteiger charge is 2.42. The second-order valence-electron chi connectivity index (χ2n) is 5.78. The zero-order valence-corrected chi connectivity index (χ0v) is 12.6. The Balaban J connectivity index is 2.81. The van der Waals surface area contributed by atoms with Crippen LogP contribution in [0.1, 0.15) is 41.5 Å². The molecule has 0 spiro atoms. The van der Waals surface area contributed by atoms with E-state index < -0.39 is 0 Å². The van der Waals surface area contributed by atoms with Gasteiger partial charge in [0.15, 0.2) is 0 Å². The lowest BCUT2D eigenvalue weighted by Crippen LogP contribution is -2.48. The molecule has 1 amide bonds. The summed E-state index contributed by atoms with van der Waals surface area (Å²) < 4.78 is 5.54. The maximum atomic E-state index is 12.5. The van der Waals surface area contributed by atoms with E-state index in [0.29, 0.717) is 25.0 Å². The van der Waals surface area contributed by atoms with E-state index in [1.165, 1.54) is 0 Å². The summed E-state index contributed by atoms with van der Waals surface area (Å²) >= 11 is 0. The normalized spacial score (nSPS) is 26.4. The predicted octanol–water partition coefficient (Wildman–Crippen LogP) is 1.85. The molecule has 0 saturated carbocycles. The first-order valence-electron chi connectivity index (χ1n) is 7.06. The van der Waals surface area contributed by atoms with Crippen LogP contribution in [0.2, 0.25) is 0 Å². The van der Waals surface area contributed by atoms with E-state index in [-0.39, 0.29) is 24.2 Å². The third kappa shape index (κ3) is 3.23. The van der Waals surface area contributed by atoms with Gasteiger partial charge in [-0.15, -0.1) is 0 Å². The van der Waals surface area contributed by atoms with Gasteiger partial charge in [0.1, 0.15) is 0 Å². The molecule has 4 heteroatoms. The predicted molar refractivity (Wildman–Crippen MR) is 73.2 cm³/mol. The Hall–Kier alpha value is -0.610. The van der Waals surface area contributed by atoms with Gasteiger partial charge in [-0.05, 0) is 25.7 Å². The van der Waals surface area contributed by atoms with Gasteiger partial charge >= 0.3 is 0 Å². The Labute approximate surface area is 111 Å². The minimum absolute atomic E-state index is 0.0529. The van der Waals surface area contributed by atoms with Crippen LogP contribution in [0.25, 0.3) is 0 Å². The molecule has 1 N–H and O–H groups in total. The zero-order valence-electron chi connectivity index (χ0n) is 12.6. The van der Waals surface area contributed by atoms with Crippen molar-refractivity contribution in [2.45, 2.75) is 59.8 Å². The summed E-state index contributed by atoms with van der Waals surface area (Å²) in [5.74, 6) is 0.941. The molecule has 0 aliphatic carbocycles. The second kappa shape index (κ2) is 6.53. The smallest absolute Gasteiger partial charge is 0.241 e. The average molecular weight is 256 g/mol. The van der Waals surface area contributed by atoms with Crippen LogP contribution in [-0.2, 0) is 9.53 Å². The lowest BCUT2D eigenvalue weighted by Gasteiger charge is -2.33. The molecule has 0 bridgehead atoms. The highest BCUT2D eigenvalue weighted by atomic mass is 16.5. The molecule has 0 radical (unpaired) electrons. The van der Waals surface area contributed by atoms with Crippen molar-refractivity contribution in [2.24, 2.45) is 11.8 Å². The first-order chi connectivity index (χ1) is 8.40. The summed E-state index contributed by atoms with van der Waals surface area (Å²) in [6.07, 6.45) is 0.0951. The second-order valence-corrected chi connectivity index (χ2v) is 5.78. The van der Waals surface area contributed by atoms with Crippen LogP contribution in [0.15, 0.2) is 0 Å². The lowest BCUT2D eigenvalue weighted by atomic mass is 10.0. The Morgan fingerprint density at radius 2 is 1.94 bits per heavy atom. The van der Waals surface area contributed by atoms with Crippen LogP contribution < -0.4 is 5.32 Å². The van der Waals surface area contributed by atoms with E-state index in [1.807, 2.05) is 11.8 Å². The maximum Gasteiger partial charge on any atom is 0.241 e. The molecule has 1 fully saturated rings. The van der Waals surface area contributed by atoms with Gasteiger partial charge in [-0.1, -0.05) is 27.7 Å². The fourth-order valence-electron chi connectivity index (χ4n) is 2.52. The van der Waals surface area contributed by atoms with Gasteiger partial charge in [0, 0.05) is 6.61 Å². The third-order valence-corrected chi connectivity index (χ3v) is 3.64. The summed E-state index contributed by atoms with van der Waals surface area (Å²) in [6, 6.07) is 0.103. The van der Waals surface area contributed by atoms with Gasteiger partial charge in [-0.3, -0.25) is 10.1 Å². The summed E-state index contributed by atoms with van der Waals surface area (Å²) in [6.45, 7) is 13.8. The monoisotopic (exact) mass is 256 g/mol. The van der Waals surface area contributed by atoms with Crippen molar-refractivity contribution < 1.29 is 9.53 Å². The molecule has 0 aromatic heterocycles. The molecule has 1 saturated heterocycles. The number of amides is 1. The van der Waals surface area contributed by atoms with Gasteiger partial charge < -0.3 is 9.64 Å². The third-order valence-electron chi connectivity index (χ3n) is 3.64. The summed E-state index contributed by atoms with van der Waals surface area (Å²) in [5, 5.41) is 3.39. The molecule has 106 valence electrons. The number of hydrogen-bond donors (Lipinski definition) is 1. The quantitative estimate of drug-likeness (QED) is 0.788. The van der Waals surface area contributed by atoms with Crippen molar-refractivity contribution in [3.05, 3.63) is 0 Å². The van der Waals surface area contributed by atoms with Gasteiger partial charge in [0.25, 0.3) is 0 Å². The van der Waals surface area contributed by atoms with E-state index in [9.17, 15) is 4.79 Å². The highest BCUT2D eigenvalue weighted by Crippen LogP contribution is 2.23. The minimum atomic E-state index is -0.0529. The van der Waals surface area contributed by atoms with Crippen molar-refractivity contribution in [3.63, 3.8) is 0 Å². The first kappa shape index (κ1) is 15.4. The molecular formula is C14H28N2O2. The number of carbonyl (C=O) groups excluding carboxylic acids is 1. The van der Waals surface area contributed by atoms with Crippen LogP contribution >= 0.6 is 0 Å². The molecule has 3 atom stereocenters. The van der Waals surface area contributed by atoms with Crippen molar-refractivity contribution in [1.82, 2.24) is 10.2 Å². The Morgan fingerprint density at radius 1 is 1.33 bits per heavy atom. The standard InChI is InChI=1S/C14H28N2O2/c1-7-18-8-12(9(2)3)16-11(6)15-13(10(4)5)14(16)17/h9-13,15H,7-8H2,1-6H3. The molecule has 1 aliphatic heterocycles. The van der Waals surface area contributed by atoms with E-state index in [1.54, 1.807) is 0 Å². The molecule has 1 heterocycles. The largest absolute Gasteiger partial charge is 0.380 e. The van der Waals surface area contributed by atoms with Gasteiger partial charge in [0.2, 0.25) is 5.91 Å². The fraction of sp³-hybridized carbons (Fsp3) is 0.929. The topological polar surface area (TPSA) is 41.6 Å². The van der Waals surface area contributed by atoms with Gasteiger partial charge in [-0.25, -0.2) is 0 Å². The molecule has 3 unspecified atom stereocenters. The van der Waals surface area contributed by atoms with Crippen molar-refractivity contribution in [2.75, 3.05) is 13.2 Å². The van der Waals surface area contributed by atoms with E-state index in [0.717, 1.165) is 0 Å². The molecule has 1 rings (SSSR count). The highest BCUT2D eigenvalue weighted by molar-refractivity contribution is 5.84. The number of nitrogens with zero attached hydrogens (tertiary/aromatic N) is 1.